The Bertz CT molecular complexity index is 421. The van der Waals surface area contributed by atoms with Crippen LogP contribution in [0.1, 0.15) is 35.7 Å². The Morgan fingerprint density at radius 2 is 2.28 bits per heavy atom. The minimum absolute atomic E-state index is 0.0329. The summed E-state index contributed by atoms with van der Waals surface area (Å²) in [6.45, 7) is 3.77. The van der Waals surface area contributed by atoms with Crippen LogP contribution in [0.25, 0.3) is 0 Å². The number of carbonyl (C=O) groups is 1. The fourth-order valence-corrected chi connectivity index (χ4v) is 3.29. The molecule has 1 N–H and O–H groups in total. The normalized spacial score (nSPS) is 23.9. The van der Waals surface area contributed by atoms with E-state index in [0.29, 0.717) is 0 Å². The van der Waals surface area contributed by atoms with Crippen LogP contribution in [0.3, 0.4) is 0 Å². The van der Waals surface area contributed by atoms with Gasteiger partial charge in [-0.25, -0.2) is 4.39 Å². The first-order chi connectivity index (χ1) is 8.67. The van der Waals surface area contributed by atoms with Crippen LogP contribution in [0.5, 0.6) is 0 Å². The molecule has 0 aliphatic carbocycles. The van der Waals surface area contributed by atoms with Gasteiger partial charge in [0.2, 0.25) is 5.91 Å². The van der Waals surface area contributed by atoms with Crippen molar-refractivity contribution in [2.45, 2.75) is 38.9 Å². The zero-order chi connectivity index (χ0) is 13.1. The van der Waals surface area contributed by atoms with Crippen molar-refractivity contribution in [3.8, 4) is 0 Å². The molecule has 3 nitrogen and oxygen atoms in total. The second-order valence-electron chi connectivity index (χ2n) is 4.58. The van der Waals surface area contributed by atoms with E-state index in [1.807, 2.05) is 19.1 Å². The van der Waals surface area contributed by atoms with Crippen LogP contribution in [0, 0.1) is 6.92 Å². The summed E-state index contributed by atoms with van der Waals surface area (Å²) in [5, 5.41) is 3.33. The lowest BCUT2D eigenvalue weighted by molar-refractivity contribution is -0.130. The van der Waals surface area contributed by atoms with Crippen molar-refractivity contribution in [1.82, 2.24) is 10.2 Å². The van der Waals surface area contributed by atoms with Crippen molar-refractivity contribution >= 4 is 17.2 Å². The molecule has 0 aromatic carbocycles. The van der Waals surface area contributed by atoms with Crippen molar-refractivity contribution in [2.24, 2.45) is 0 Å². The number of nitrogens with one attached hydrogen (secondary N) is 1. The Morgan fingerprint density at radius 1 is 1.50 bits per heavy atom. The molecule has 2 unspecified atom stereocenters. The molecule has 2 heterocycles. The van der Waals surface area contributed by atoms with Crippen LogP contribution in [0.4, 0.5) is 4.39 Å². The van der Waals surface area contributed by atoms with Crippen molar-refractivity contribution in [2.75, 3.05) is 13.2 Å². The monoisotopic (exact) mass is 270 g/mol. The highest BCUT2D eigenvalue weighted by Gasteiger charge is 2.39. The molecular weight excluding hydrogens is 251 g/mol. The van der Waals surface area contributed by atoms with Gasteiger partial charge in [-0.05, 0) is 25.5 Å². The maximum absolute atomic E-state index is 12.6. The first-order valence-electron chi connectivity index (χ1n) is 6.36. The quantitative estimate of drug-likeness (QED) is 0.892. The molecule has 1 fully saturated rings. The van der Waals surface area contributed by atoms with E-state index in [0.717, 1.165) is 17.7 Å². The minimum Gasteiger partial charge on any atom is -0.318 e. The van der Waals surface area contributed by atoms with E-state index >= 15 is 0 Å². The van der Waals surface area contributed by atoms with Crippen molar-refractivity contribution in [1.29, 1.82) is 0 Å². The van der Waals surface area contributed by atoms with Gasteiger partial charge < -0.3 is 4.90 Å². The Morgan fingerprint density at radius 3 is 2.83 bits per heavy atom. The molecule has 1 aromatic heterocycles. The third kappa shape index (κ3) is 2.57. The molecule has 0 saturated carbocycles. The topological polar surface area (TPSA) is 32.3 Å². The van der Waals surface area contributed by atoms with E-state index in [4.69, 9.17) is 0 Å². The summed E-state index contributed by atoms with van der Waals surface area (Å²) in [5.41, 5.74) is 0. The van der Waals surface area contributed by atoms with Crippen LogP contribution in [-0.4, -0.2) is 30.1 Å². The van der Waals surface area contributed by atoms with Gasteiger partial charge in [0.1, 0.15) is 12.8 Å². The Hall–Kier alpha value is -0.940. The summed E-state index contributed by atoms with van der Waals surface area (Å²) in [6.07, 6.45) is 1.61. The second kappa shape index (κ2) is 5.80. The van der Waals surface area contributed by atoms with Crippen LogP contribution in [-0.2, 0) is 4.79 Å². The number of carbonyl (C=O) groups excluding carboxylic acids is 1. The molecule has 2 rings (SSSR count). The van der Waals surface area contributed by atoms with Crippen molar-refractivity contribution < 1.29 is 9.18 Å². The highest BCUT2D eigenvalue weighted by molar-refractivity contribution is 7.12. The molecule has 1 aliphatic heterocycles. The summed E-state index contributed by atoms with van der Waals surface area (Å²) < 4.78 is 12.6. The number of halogens is 1. The van der Waals surface area contributed by atoms with Crippen LogP contribution >= 0.6 is 11.3 Å². The van der Waals surface area contributed by atoms with Gasteiger partial charge in [0.25, 0.3) is 0 Å². The minimum atomic E-state index is -0.493. The Kier molecular flexibility index (Phi) is 4.35. The van der Waals surface area contributed by atoms with Gasteiger partial charge in [0, 0.05) is 9.75 Å². The van der Waals surface area contributed by atoms with Gasteiger partial charge in [-0.2, -0.15) is 0 Å². The standard InChI is InChI=1S/C13H19FN2OS/c1-3-4-10-13(17)16(8-7-14)12(15-10)11-6-5-9(2)18-11/h5-6,10,12,15H,3-4,7-8H2,1-2H3. The van der Waals surface area contributed by atoms with E-state index in [1.165, 1.54) is 4.88 Å². The zero-order valence-electron chi connectivity index (χ0n) is 10.8. The predicted molar refractivity (Wildman–Crippen MR) is 71.3 cm³/mol. The number of amides is 1. The molecule has 1 saturated heterocycles. The lowest BCUT2D eigenvalue weighted by Gasteiger charge is -2.21. The first-order valence-corrected chi connectivity index (χ1v) is 7.17. The summed E-state index contributed by atoms with van der Waals surface area (Å²) in [6, 6.07) is 3.89. The third-order valence-corrected chi connectivity index (χ3v) is 4.24. The van der Waals surface area contributed by atoms with Crippen LogP contribution in [0.2, 0.25) is 0 Å². The maximum atomic E-state index is 12.6. The fraction of sp³-hybridized carbons (Fsp3) is 0.615. The third-order valence-electron chi connectivity index (χ3n) is 3.19. The first kappa shape index (κ1) is 13.5. The molecule has 0 bridgehead atoms. The summed E-state index contributed by atoms with van der Waals surface area (Å²) in [7, 11) is 0. The van der Waals surface area contributed by atoms with Crippen molar-refractivity contribution in [3.05, 3.63) is 21.9 Å². The summed E-state index contributed by atoms with van der Waals surface area (Å²) in [5.74, 6) is 0.0329. The summed E-state index contributed by atoms with van der Waals surface area (Å²) in [4.78, 5) is 16.1. The molecule has 5 heteroatoms. The largest absolute Gasteiger partial charge is 0.318 e. The van der Waals surface area contributed by atoms with Gasteiger partial charge in [0.15, 0.2) is 0 Å². The Balaban J connectivity index is 2.19. The average molecular weight is 270 g/mol. The maximum Gasteiger partial charge on any atom is 0.241 e. The number of hydrogen-bond donors (Lipinski definition) is 1. The predicted octanol–water partition coefficient (Wildman–Crippen LogP) is 2.63. The van der Waals surface area contributed by atoms with E-state index in [2.05, 4.69) is 12.2 Å². The van der Waals surface area contributed by atoms with Crippen LogP contribution < -0.4 is 5.32 Å². The van der Waals surface area contributed by atoms with Gasteiger partial charge in [-0.1, -0.05) is 13.3 Å². The molecule has 1 amide bonds. The number of nitrogens with zero attached hydrogens (tertiary/aromatic N) is 1. The lowest BCUT2D eigenvalue weighted by atomic mass is 10.2. The zero-order valence-corrected chi connectivity index (χ0v) is 11.6. The highest BCUT2D eigenvalue weighted by Crippen LogP contribution is 2.31. The van der Waals surface area contributed by atoms with Gasteiger partial charge in [-0.15, -0.1) is 11.3 Å². The van der Waals surface area contributed by atoms with Crippen molar-refractivity contribution in [3.63, 3.8) is 0 Å². The van der Waals surface area contributed by atoms with E-state index in [1.54, 1.807) is 16.2 Å². The van der Waals surface area contributed by atoms with E-state index in [-0.39, 0.29) is 24.7 Å². The fourth-order valence-electron chi connectivity index (χ4n) is 2.34. The highest BCUT2D eigenvalue weighted by atomic mass is 32.1. The van der Waals surface area contributed by atoms with Crippen LogP contribution in [0.15, 0.2) is 12.1 Å². The molecule has 1 aromatic rings. The van der Waals surface area contributed by atoms with E-state index < -0.39 is 6.67 Å². The number of alkyl halides is 1. The molecular formula is C13H19FN2OS. The molecule has 100 valence electrons. The van der Waals surface area contributed by atoms with Gasteiger partial charge >= 0.3 is 0 Å². The Labute approximate surface area is 111 Å². The smallest absolute Gasteiger partial charge is 0.241 e. The molecule has 0 spiro atoms. The van der Waals surface area contributed by atoms with E-state index in [9.17, 15) is 9.18 Å². The number of thiophene rings is 1. The average Bonchev–Trinajstić information content (AvgIpc) is 2.88. The number of aryl methyl sites for hydroxylation is 1. The summed E-state index contributed by atoms with van der Waals surface area (Å²) >= 11 is 1.66. The van der Waals surface area contributed by atoms with Gasteiger partial charge in [0.05, 0.1) is 12.6 Å². The number of hydrogen-bond acceptors (Lipinski definition) is 3. The molecule has 18 heavy (non-hydrogen) atoms. The van der Waals surface area contributed by atoms with Gasteiger partial charge in [-0.3, -0.25) is 10.1 Å². The molecule has 1 aliphatic rings. The number of rotatable bonds is 5. The molecule has 0 radical (unpaired) electrons. The SMILES string of the molecule is CCCC1NC(c2ccc(C)s2)N(CCF)C1=O. The second-order valence-corrected chi connectivity index (χ2v) is 5.90. The lowest BCUT2D eigenvalue weighted by Crippen LogP contribution is -2.32. The molecule has 2 atom stereocenters.